The largest absolute Gasteiger partial charge is 0.507 e. The molecule has 0 aliphatic carbocycles. The van der Waals surface area contributed by atoms with Crippen LogP contribution < -0.4 is 5.43 Å². The van der Waals surface area contributed by atoms with Gasteiger partial charge >= 0.3 is 0 Å². The van der Waals surface area contributed by atoms with Crippen LogP contribution in [0.25, 0.3) is 32.7 Å². The molecule has 0 spiro atoms. The lowest BCUT2D eigenvalue weighted by Crippen LogP contribution is -2.04. The average molecular weight is 335 g/mol. The standard InChI is InChI=1S/C19H13NO3S/c1-11-10-24-19(20-11)15-9-23-17-8-16(21)13(7-14(17)18(15)22)12-5-3-2-4-6-12/h2-10,21H,1H3. The van der Waals surface area contributed by atoms with Crippen molar-refractivity contribution in [1.82, 2.24) is 4.98 Å². The highest BCUT2D eigenvalue weighted by molar-refractivity contribution is 7.13. The van der Waals surface area contributed by atoms with Gasteiger partial charge in [-0.3, -0.25) is 4.79 Å². The Morgan fingerprint density at radius 2 is 1.92 bits per heavy atom. The van der Waals surface area contributed by atoms with E-state index >= 15 is 0 Å². The minimum atomic E-state index is -0.150. The molecule has 0 aliphatic heterocycles. The minimum absolute atomic E-state index is 0.0784. The van der Waals surface area contributed by atoms with Crippen LogP contribution in [-0.4, -0.2) is 10.1 Å². The summed E-state index contributed by atoms with van der Waals surface area (Å²) < 4.78 is 5.57. The first-order valence-corrected chi connectivity index (χ1v) is 8.28. The smallest absolute Gasteiger partial charge is 0.202 e. The van der Waals surface area contributed by atoms with Gasteiger partial charge < -0.3 is 9.52 Å². The maximum atomic E-state index is 12.9. The van der Waals surface area contributed by atoms with Crippen LogP contribution in [-0.2, 0) is 0 Å². The van der Waals surface area contributed by atoms with E-state index in [1.807, 2.05) is 42.6 Å². The highest BCUT2D eigenvalue weighted by Crippen LogP contribution is 2.33. The summed E-state index contributed by atoms with van der Waals surface area (Å²) in [5.41, 5.74) is 2.95. The van der Waals surface area contributed by atoms with Crippen molar-refractivity contribution in [3.05, 3.63) is 70.0 Å². The highest BCUT2D eigenvalue weighted by Gasteiger charge is 2.15. The summed E-state index contributed by atoms with van der Waals surface area (Å²) >= 11 is 1.41. The molecule has 4 nitrogen and oxygen atoms in total. The molecular formula is C19H13NO3S. The molecule has 4 rings (SSSR count). The van der Waals surface area contributed by atoms with Gasteiger partial charge in [-0.25, -0.2) is 4.98 Å². The van der Waals surface area contributed by atoms with Crippen molar-refractivity contribution < 1.29 is 9.52 Å². The summed E-state index contributed by atoms with van der Waals surface area (Å²) in [6.45, 7) is 1.88. The van der Waals surface area contributed by atoms with Gasteiger partial charge in [0.15, 0.2) is 0 Å². The summed E-state index contributed by atoms with van der Waals surface area (Å²) in [5, 5.41) is 13.2. The second-order valence-electron chi connectivity index (χ2n) is 5.50. The van der Waals surface area contributed by atoms with Gasteiger partial charge in [0.25, 0.3) is 0 Å². The maximum Gasteiger partial charge on any atom is 0.202 e. The molecule has 2 aromatic carbocycles. The predicted octanol–water partition coefficient (Wildman–Crippen LogP) is 4.60. The fourth-order valence-corrected chi connectivity index (χ4v) is 3.44. The van der Waals surface area contributed by atoms with Crippen molar-refractivity contribution in [3.8, 4) is 27.4 Å². The molecular weight excluding hydrogens is 322 g/mol. The molecule has 0 amide bonds. The Hall–Kier alpha value is -2.92. The van der Waals surface area contributed by atoms with Crippen LogP contribution in [0.3, 0.4) is 0 Å². The lowest BCUT2D eigenvalue weighted by atomic mass is 10.0. The number of rotatable bonds is 2. The quantitative estimate of drug-likeness (QED) is 0.581. The number of thiazole rings is 1. The summed E-state index contributed by atoms with van der Waals surface area (Å²) in [7, 11) is 0. The summed E-state index contributed by atoms with van der Waals surface area (Å²) in [6, 6.07) is 12.6. The zero-order valence-electron chi connectivity index (χ0n) is 12.8. The Morgan fingerprint density at radius 3 is 2.62 bits per heavy atom. The van der Waals surface area contributed by atoms with Crippen molar-refractivity contribution in [1.29, 1.82) is 0 Å². The van der Waals surface area contributed by atoms with Crippen LogP contribution in [0.1, 0.15) is 5.69 Å². The van der Waals surface area contributed by atoms with Crippen molar-refractivity contribution in [3.63, 3.8) is 0 Å². The number of aryl methyl sites for hydroxylation is 1. The van der Waals surface area contributed by atoms with E-state index in [2.05, 4.69) is 4.98 Å². The molecule has 24 heavy (non-hydrogen) atoms. The van der Waals surface area contributed by atoms with Crippen LogP contribution >= 0.6 is 11.3 Å². The van der Waals surface area contributed by atoms with Gasteiger partial charge in [-0.05, 0) is 18.6 Å². The Bertz CT molecular complexity index is 1100. The molecule has 2 aromatic heterocycles. The van der Waals surface area contributed by atoms with E-state index in [0.29, 0.717) is 27.1 Å². The first kappa shape index (κ1) is 14.7. The summed E-state index contributed by atoms with van der Waals surface area (Å²) in [5.74, 6) is 0.0784. The predicted molar refractivity (Wildman–Crippen MR) is 95.4 cm³/mol. The maximum absolute atomic E-state index is 12.9. The molecule has 0 unspecified atom stereocenters. The van der Waals surface area contributed by atoms with E-state index in [1.54, 1.807) is 6.07 Å². The number of phenols is 1. The number of aromatic hydroxyl groups is 1. The number of benzene rings is 2. The van der Waals surface area contributed by atoms with Gasteiger partial charge in [0.05, 0.1) is 10.9 Å². The summed E-state index contributed by atoms with van der Waals surface area (Å²) in [6.07, 6.45) is 1.41. The van der Waals surface area contributed by atoms with Crippen LogP contribution in [0.15, 0.2) is 63.3 Å². The number of nitrogens with zero attached hydrogens (tertiary/aromatic N) is 1. The lowest BCUT2D eigenvalue weighted by Gasteiger charge is -2.07. The second-order valence-corrected chi connectivity index (χ2v) is 6.36. The lowest BCUT2D eigenvalue weighted by molar-refractivity contribution is 0.476. The minimum Gasteiger partial charge on any atom is -0.507 e. The molecule has 0 aliphatic rings. The highest BCUT2D eigenvalue weighted by atomic mass is 32.1. The van der Waals surface area contributed by atoms with Gasteiger partial charge in [0.1, 0.15) is 22.6 Å². The molecule has 5 heteroatoms. The van der Waals surface area contributed by atoms with E-state index in [-0.39, 0.29) is 11.2 Å². The van der Waals surface area contributed by atoms with Gasteiger partial charge in [-0.1, -0.05) is 30.3 Å². The first-order valence-electron chi connectivity index (χ1n) is 7.40. The van der Waals surface area contributed by atoms with Crippen molar-refractivity contribution in [2.24, 2.45) is 0 Å². The third-order valence-electron chi connectivity index (χ3n) is 3.83. The Morgan fingerprint density at radius 1 is 1.12 bits per heavy atom. The summed E-state index contributed by atoms with van der Waals surface area (Å²) in [4.78, 5) is 17.2. The molecule has 0 saturated heterocycles. The average Bonchev–Trinajstić information content (AvgIpc) is 3.02. The number of fused-ring (bicyclic) bond motifs is 1. The molecule has 118 valence electrons. The Kier molecular flexibility index (Phi) is 3.43. The van der Waals surface area contributed by atoms with Crippen molar-refractivity contribution >= 4 is 22.3 Å². The van der Waals surface area contributed by atoms with Gasteiger partial charge in [0, 0.05) is 22.7 Å². The fourth-order valence-electron chi connectivity index (χ4n) is 2.64. The van der Waals surface area contributed by atoms with E-state index in [1.165, 1.54) is 23.7 Å². The van der Waals surface area contributed by atoms with Crippen LogP contribution in [0.4, 0.5) is 0 Å². The number of hydrogen-bond donors (Lipinski definition) is 1. The van der Waals surface area contributed by atoms with Gasteiger partial charge in [-0.2, -0.15) is 0 Å². The molecule has 1 N–H and O–H groups in total. The molecule has 0 bridgehead atoms. The van der Waals surface area contributed by atoms with E-state index in [9.17, 15) is 9.90 Å². The normalized spacial score (nSPS) is 11.0. The Labute approximate surface area is 141 Å². The first-order chi connectivity index (χ1) is 11.6. The van der Waals surface area contributed by atoms with Crippen molar-refractivity contribution in [2.45, 2.75) is 6.92 Å². The number of aromatic nitrogens is 1. The van der Waals surface area contributed by atoms with E-state index in [0.717, 1.165) is 11.3 Å². The van der Waals surface area contributed by atoms with Gasteiger partial charge in [-0.15, -0.1) is 11.3 Å². The molecule has 0 fully saturated rings. The van der Waals surface area contributed by atoms with E-state index in [4.69, 9.17) is 4.42 Å². The molecule has 0 atom stereocenters. The SMILES string of the molecule is Cc1csc(-c2coc3cc(O)c(-c4ccccc4)cc3c2=O)n1. The molecule has 0 saturated carbocycles. The van der Waals surface area contributed by atoms with Crippen molar-refractivity contribution in [2.75, 3.05) is 0 Å². The van der Waals surface area contributed by atoms with Gasteiger partial charge in [0.2, 0.25) is 5.43 Å². The monoisotopic (exact) mass is 335 g/mol. The number of hydrogen-bond acceptors (Lipinski definition) is 5. The van der Waals surface area contributed by atoms with Crippen LogP contribution in [0, 0.1) is 6.92 Å². The van der Waals surface area contributed by atoms with Crippen LogP contribution in [0.5, 0.6) is 5.75 Å². The molecule has 2 heterocycles. The zero-order chi connectivity index (χ0) is 16.7. The molecule has 0 radical (unpaired) electrons. The molecule has 4 aromatic rings. The third kappa shape index (κ3) is 2.39. The fraction of sp³-hybridized carbons (Fsp3) is 0.0526. The zero-order valence-corrected chi connectivity index (χ0v) is 13.6. The Balaban J connectivity index is 1.98. The van der Waals surface area contributed by atoms with Crippen LogP contribution in [0.2, 0.25) is 0 Å². The second kappa shape index (κ2) is 5.62. The third-order valence-corrected chi connectivity index (χ3v) is 4.82. The van der Waals surface area contributed by atoms with E-state index < -0.39 is 0 Å². The number of phenolic OH excluding ortho intramolecular Hbond substituents is 1. The topological polar surface area (TPSA) is 63.3 Å².